The first-order valence-corrected chi connectivity index (χ1v) is 7.47. The van der Waals surface area contributed by atoms with Crippen molar-refractivity contribution in [2.45, 2.75) is 26.1 Å². The van der Waals surface area contributed by atoms with Crippen LogP contribution < -0.4 is 5.32 Å². The number of hydrogen-bond donors (Lipinski definition) is 1. The minimum absolute atomic E-state index is 0.0109. The molecule has 2 amide bonds. The van der Waals surface area contributed by atoms with E-state index >= 15 is 0 Å². The van der Waals surface area contributed by atoms with Gasteiger partial charge in [-0.15, -0.1) is 11.3 Å². The van der Waals surface area contributed by atoms with E-state index in [2.05, 4.69) is 10.4 Å². The lowest BCUT2D eigenvalue weighted by Gasteiger charge is -2.21. The van der Waals surface area contributed by atoms with Crippen LogP contribution in [-0.2, 0) is 13.1 Å². The Morgan fingerprint density at radius 2 is 2.40 bits per heavy atom. The van der Waals surface area contributed by atoms with Crippen LogP contribution in [-0.4, -0.2) is 33.8 Å². The van der Waals surface area contributed by atoms with E-state index in [-0.39, 0.29) is 12.1 Å². The molecule has 108 valence electrons. The maximum atomic E-state index is 12.0. The summed E-state index contributed by atoms with van der Waals surface area (Å²) >= 11 is 7.36. The molecule has 2 aromatic rings. The highest BCUT2D eigenvalue weighted by Crippen LogP contribution is 2.22. The zero-order valence-electron chi connectivity index (χ0n) is 11.4. The average Bonchev–Trinajstić information content (AvgIpc) is 3.01. The van der Waals surface area contributed by atoms with Gasteiger partial charge in [-0.25, -0.2) is 4.79 Å². The topological polar surface area (TPSA) is 50.2 Å². The molecule has 1 N–H and O–H groups in total. The Balaban J connectivity index is 1.81. The van der Waals surface area contributed by atoms with Crippen molar-refractivity contribution in [3.8, 4) is 0 Å². The van der Waals surface area contributed by atoms with Crippen LogP contribution in [0.15, 0.2) is 30.6 Å². The Labute approximate surface area is 127 Å². The fourth-order valence-corrected chi connectivity index (χ4v) is 2.94. The zero-order chi connectivity index (χ0) is 14.5. The van der Waals surface area contributed by atoms with Crippen molar-refractivity contribution in [1.82, 2.24) is 20.0 Å². The Morgan fingerprint density at radius 1 is 1.60 bits per heavy atom. The van der Waals surface area contributed by atoms with E-state index in [1.165, 1.54) is 11.3 Å². The molecule has 0 radical (unpaired) electrons. The van der Waals surface area contributed by atoms with Gasteiger partial charge in [-0.1, -0.05) is 11.6 Å². The van der Waals surface area contributed by atoms with Crippen molar-refractivity contribution < 1.29 is 4.79 Å². The van der Waals surface area contributed by atoms with E-state index in [9.17, 15) is 4.79 Å². The minimum atomic E-state index is -0.103. The number of thiophene rings is 1. The molecule has 0 fully saturated rings. The third-order valence-corrected chi connectivity index (χ3v) is 3.97. The number of rotatable bonds is 5. The van der Waals surface area contributed by atoms with Crippen LogP contribution in [0.1, 0.15) is 11.8 Å². The first-order chi connectivity index (χ1) is 9.54. The SMILES string of the molecule is C[C@H](Cn1cccn1)NC(=O)N(C)Cc1ccc(Cl)s1. The molecule has 0 bridgehead atoms. The third kappa shape index (κ3) is 4.25. The summed E-state index contributed by atoms with van der Waals surface area (Å²) in [6.45, 7) is 3.16. The van der Waals surface area contributed by atoms with Crippen LogP contribution in [0.5, 0.6) is 0 Å². The summed E-state index contributed by atoms with van der Waals surface area (Å²) in [4.78, 5) is 14.8. The second-order valence-electron chi connectivity index (χ2n) is 4.64. The maximum Gasteiger partial charge on any atom is 0.317 e. The summed E-state index contributed by atoms with van der Waals surface area (Å²) in [5, 5.41) is 7.06. The largest absolute Gasteiger partial charge is 0.334 e. The smallest absolute Gasteiger partial charge is 0.317 e. The number of halogens is 1. The molecule has 20 heavy (non-hydrogen) atoms. The van der Waals surface area contributed by atoms with Gasteiger partial charge in [0.25, 0.3) is 0 Å². The van der Waals surface area contributed by atoms with Gasteiger partial charge >= 0.3 is 6.03 Å². The number of carbonyl (C=O) groups excluding carboxylic acids is 1. The van der Waals surface area contributed by atoms with Crippen molar-refractivity contribution in [1.29, 1.82) is 0 Å². The van der Waals surface area contributed by atoms with Gasteiger partial charge in [0, 0.05) is 30.4 Å². The van der Waals surface area contributed by atoms with Crippen molar-refractivity contribution in [2.24, 2.45) is 0 Å². The quantitative estimate of drug-likeness (QED) is 0.923. The summed E-state index contributed by atoms with van der Waals surface area (Å²) in [5.41, 5.74) is 0. The van der Waals surface area contributed by atoms with Crippen molar-refractivity contribution >= 4 is 29.0 Å². The number of carbonyl (C=O) groups is 1. The number of urea groups is 1. The Morgan fingerprint density at radius 3 is 3.00 bits per heavy atom. The standard InChI is InChI=1S/C13H17ClN4OS/c1-10(8-18-7-3-6-15-18)16-13(19)17(2)9-11-4-5-12(14)20-11/h3-7,10H,8-9H2,1-2H3,(H,16,19)/t10-/m1/s1. The van der Waals surface area contributed by atoms with Gasteiger partial charge in [-0.2, -0.15) is 5.10 Å². The molecule has 0 saturated carbocycles. The van der Waals surface area contributed by atoms with Crippen LogP contribution in [0, 0.1) is 0 Å². The highest BCUT2D eigenvalue weighted by molar-refractivity contribution is 7.16. The van der Waals surface area contributed by atoms with Crippen molar-refractivity contribution in [3.63, 3.8) is 0 Å². The molecule has 7 heteroatoms. The number of nitrogens with zero attached hydrogens (tertiary/aromatic N) is 3. The predicted octanol–water partition coefficient (Wildman–Crippen LogP) is 2.83. The molecule has 0 aliphatic heterocycles. The number of aromatic nitrogens is 2. The van der Waals surface area contributed by atoms with Gasteiger partial charge in [-0.3, -0.25) is 4.68 Å². The summed E-state index contributed by atoms with van der Waals surface area (Å²) in [6.07, 6.45) is 3.60. The van der Waals surface area contributed by atoms with Gasteiger partial charge < -0.3 is 10.2 Å². The molecular formula is C13H17ClN4OS. The normalized spacial score (nSPS) is 12.2. The van der Waals surface area contributed by atoms with Crippen LogP contribution in [0.4, 0.5) is 4.79 Å². The lowest BCUT2D eigenvalue weighted by atomic mass is 10.3. The zero-order valence-corrected chi connectivity index (χ0v) is 13.0. The van der Waals surface area contributed by atoms with Crippen LogP contribution in [0.3, 0.4) is 0 Å². The van der Waals surface area contributed by atoms with E-state index < -0.39 is 0 Å². The van der Waals surface area contributed by atoms with Gasteiger partial charge in [-0.05, 0) is 25.1 Å². The Hall–Kier alpha value is -1.53. The summed E-state index contributed by atoms with van der Waals surface area (Å²) in [6, 6.07) is 5.55. The first kappa shape index (κ1) is 14.9. The van der Waals surface area contributed by atoms with Crippen molar-refractivity contribution in [2.75, 3.05) is 7.05 Å². The van der Waals surface area contributed by atoms with Crippen LogP contribution >= 0.6 is 22.9 Å². The summed E-state index contributed by atoms with van der Waals surface area (Å²) in [7, 11) is 1.77. The first-order valence-electron chi connectivity index (χ1n) is 6.28. The molecule has 1 atom stereocenters. The minimum Gasteiger partial charge on any atom is -0.334 e. The molecule has 2 aromatic heterocycles. The van der Waals surface area contributed by atoms with Gasteiger partial charge in [0.2, 0.25) is 0 Å². The maximum absolute atomic E-state index is 12.0. The predicted molar refractivity (Wildman–Crippen MR) is 81.0 cm³/mol. The second-order valence-corrected chi connectivity index (χ2v) is 6.44. The molecule has 0 unspecified atom stereocenters. The van der Waals surface area contributed by atoms with E-state index in [0.29, 0.717) is 13.1 Å². The lowest BCUT2D eigenvalue weighted by Crippen LogP contribution is -2.43. The molecule has 0 saturated heterocycles. The molecule has 0 aliphatic rings. The molecule has 2 heterocycles. The number of amides is 2. The Bertz CT molecular complexity index is 554. The molecule has 0 spiro atoms. The lowest BCUT2D eigenvalue weighted by molar-refractivity contribution is 0.202. The van der Waals surface area contributed by atoms with Crippen molar-refractivity contribution in [3.05, 3.63) is 39.8 Å². The van der Waals surface area contributed by atoms with Crippen LogP contribution in [0.25, 0.3) is 0 Å². The highest BCUT2D eigenvalue weighted by Gasteiger charge is 2.13. The fourth-order valence-electron chi connectivity index (χ4n) is 1.80. The molecular weight excluding hydrogens is 296 g/mol. The van der Waals surface area contributed by atoms with Gasteiger partial charge in [0.1, 0.15) is 0 Å². The molecule has 5 nitrogen and oxygen atoms in total. The monoisotopic (exact) mass is 312 g/mol. The summed E-state index contributed by atoms with van der Waals surface area (Å²) in [5.74, 6) is 0. The highest BCUT2D eigenvalue weighted by atomic mass is 35.5. The molecule has 0 aromatic carbocycles. The molecule has 2 rings (SSSR count). The summed E-state index contributed by atoms with van der Waals surface area (Å²) < 4.78 is 2.53. The van der Waals surface area contributed by atoms with E-state index in [4.69, 9.17) is 11.6 Å². The molecule has 0 aliphatic carbocycles. The van der Waals surface area contributed by atoms with E-state index in [1.807, 2.05) is 31.3 Å². The third-order valence-electron chi connectivity index (χ3n) is 2.76. The van der Waals surface area contributed by atoms with Crippen LogP contribution in [0.2, 0.25) is 4.34 Å². The van der Waals surface area contributed by atoms with Gasteiger partial charge in [0.05, 0.1) is 17.4 Å². The average molecular weight is 313 g/mol. The Kier molecular flexibility index (Phi) is 5.03. The number of hydrogen-bond acceptors (Lipinski definition) is 3. The number of nitrogens with one attached hydrogen (secondary N) is 1. The van der Waals surface area contributed by atoms with E-state index in [1.54, 1.807) is 22.8 Å². The second kappa shape index (κ2) is 6.76. The fraction of sp³-hybridized carbons (Fsp3) is 0.385. The van der Waals surface area contributed by atoms with E-state index in [0.717, 1.165) is 9.21 Å². The van der Waals surface area contributed by atoms with Gasteiger partial charge in [0.15, 0.2) is 0 Å².